The van der Waals surface area contributed by atoms with Crippen LogP contribution < -0.4 is 0 Å². The van der Waals surface area contributed by atoms with Crippen LogP contribution in [0.1, 0.15) is 28.9 Å². The van der Waals surface area contributed by atoms with Gasteiger partial charge in [0.25, 0.3) is 0 Å². The monoisotopic (exact) mass is 353 g/mol. The van der Waals surface area contributed by atoms with Crippen LogP contribution in [-0.2, 0) is 24.3 Å². The maximum atomic E-state index is 12.5. The average molecular weight is 353 g/mol. The lowest BCUT2D eigenvalue weighted by Crippen LogP contribution is -2.29. The van der Waals surface area contributed by atoms with E-state index in [-0.39, 0.29) is 18.3 Å². The van der Waals surface area contributed by atoms with Crippen molar-refractivity contribution in [3.05, 3.63) is 53.1 Å². The largest absolute Gasteiger partial charge is 0.406 e. The van der Waals surface area contributed by atoms with Crippen LogP contribution in [0.3, 0.4) is 0 Å². The van der Waals surface area contributed by atoms with Crippen LogP contribution in [0.2, 0.25) is 0 Å². The topological polar surface area (TPSA) is 38.1 Å². The van der Waals surface area contributed by atoms with Crippen molar-refractivity contribution in [1.82, 2.24) is 14.5 Å². The standard InChI is InChI=1S/C18H22F3N3O/c1-13-4-5-15(14(2)10-13)6-7-17(25)23(3)11-16-22-8-9-24(16)12-18(19,20)21/h4-5,8-10H,6-7,11-12H2,1-3H3. The molecular formula is C18H22F3N3O. The van der Waals surface area contributed by atoms with Gasteiger partial charge in [-0.3, -0.25) is 4.79 Å². The van der Waals surface area contributed by atoms with Gasteiger partial charge in [-0.2, -0.15) is 13.2 Å². The molecule has 7 heteroatoms. The Labute approximate surface area is 145 Å². The number of halogens is 3. The van der Waals surface area contributed by atoms with Crippen molar-refractivity contribution in [2.45, 2.75) is 46.0 Å². The van der Waals surface area contributed by atoms with Crippen molar-refractivity contribution < 1.29 is 18.0 Å². The number of nitrogens with zero attached hydrogens (tertiary/aromatic N) is 3. The number of imidazole rings is 1. The van der Waals surface area contributed by atoms with Crippen molar-refractivity contribution in [3.63, 3.8) is 0 Å². The van der Waals surface area contributed by atoms with E-state index in [1.165, 1.54) is 22.9 Å². The molecule has 4 nitrogen and oxygen atoms in total. The minimum absolute atomic E-state index is 0.0504. The normalized spacial score (nSPS) is 11.6. The summed E-state index contributed by atoms with van der Waals surface area (Å²) in [5, 5.41) is 0. The summed E-state index contributed by atoms with van der Waals surface area (Å²) in [6, 6.07) is 6.08. The number of aryl methyl sites for hydroxylation is 3. The highest BCUT2D eigenvalue weighted by Crippen LogP contribution is 2.19. The first-order valence-electron chi connectivity index (χ1n) is 8.02. The molecule has 0 atom stereocenters. The number of hydrogen-bond acceptors (Lipinski definition) is 2. The van der Waals surface area contributed by atoms with Crippen molar-refractivity contribution in [3.8, 4) is 0 Å². The Balaban J connectivity index is 1.93. The summed E-state index contributed by atoms with van der Waals surface area (Å²) in [6.07, 6.45) is -0.820. The first kappa shape index (κ1) is 19.0. The van der Waals surface area contributed by atoms with Crippen molar-refractivity contribution in [2.24, 2.45) is 0 Å². The van der Waals surface area contributed by atoms with E-state index in [1.807, 2.05) is 26.0 Å². The minimum atomic E-state index is -4.32. The summed E-state index contributed by atoms with van der Waals surface area (Å²) in [6.45, 7) is 2.96. The summed E-state index contributed by atoms with van der Waals surface area (Å²) in [5.74, 6) is 0.0984. The quantitative estimate of drug-likeness (QED) is 0.795. The molecular weight excluding hydrogens is 331 g/mol. The van der Waals surface area contributed by atoms with Gasteiger partial charge < -0.3 is 9.47 Å². The summed E-state index contributed by atoms with van der Waals surface area (Å²) < 4.78 is 38.6. The second-order valence-corrected chi connectivity index (χ2v) is 6.27. The lowest BCUT2D eigenvalue weighted by atomic mass is 10.0. The molecule has 0 unspecified atom stereocenters. The van der Waals surface area contributed by atoms with Gasteiger partial charge >= 0.3 is 6.18 Å². The van der Waals surface area contributed by atoms with Crippen LogP contribution >= 0.6 is 0 Å². The van der Waals surface area contributed by atoms with Gasteiger partial charge in [-0.05, 0) is 31.4 Å². The van der Waals surface area contributed by atoms with Gasteiger partial charge in [0.1, 0.15) is 12.4 Å². The fourth-order valence-electron chi connectivity index (χ4n) is 2.69. The summed E-state index contributed by atoms with van der Waals surface area (Å²) in [5.41, 5.74) is 3.41. The predicted octanol–water partition coefficient (Wildman–Crippen LogP) is 3.65. The van der Waals surface area contributed by atoms with Crippen molar-refractivity contribution in [1.29, 1.82) is 0 Å². The Kier molecular flexibility index (Phi) is 5.87. The molecule has 0 spiro atoms. The lowest BCUT2D eigenvalue weighted by molar-refractivity contribution is -0.141. The Morgan fingerprint density at radius 2 is 2.00 bits per heavy atom. The number of carbonyl (C=O) groups is 1. The highest BCUT2D eigenvalue weighted by molar-refractivity contribution is 5.76. The molecule has 2 aromatic rings. The molecule has 0 radical (unpaired) electrons. The molecule has 0 aliphatic heterocycles. The summed E-state index contributed by atoms with van der Waals surface area (Å²) >= 11 is 0. The number of carbonyl (C=O) groups excluding carboxylic acids is 1. The molecule has 1 aromatic heterocycles. The second kappa shape index (κ2) is 7.72. The SMILES string of the molecule is Cc1ccc(CCC(=O)N(C)Cc2nccn2CC(F)(F)F)c(C)c1. The molecule has 1 aromatic carbocycles. The van der Waals surface area contributed by atoms with Gasteiger partial charge in [0, 0.05) is 25.9 Å². The van der Waals surface area contributed by atoms with Crippen LogP contribution in [0.25, 0.3) is 0 Å². The smallest absolute Gasteiger partial charge is 0.338 e. The van der Waals surface area contributed by atoms with E-state index < -0.39 is 12.7 Å². The highest BCUT2D eigenvalue weighted by Gasteiger charge is 2.29. The van der Waals surface area contributed by atoms with Crippen LogP contribution in [0.15, 0.2) is 30.6 Å². The van der Waals surface area contributed by atoms with E-state index in [0.29, 0.717) is 12.8 Å². The highest BCUT2D eigenvalue weighted by atomic mass is 19.4. The fraction of sp³-hybridized carbons (Fsp3) is 0.444. The zero-order valence-corrected chi connectivity index (χ0v) is 14.6. The zero-order valence-electron chi connectivity index (χ0n) is 14.6. The van der Waals surface area contributed by atoms with E-state index in [9.17, 15) is 18.0 Å². The number of alkyl halides is 3. The van der Waals surface area contributed by atoms with Gasteiger partial charge in [-0.25, -0.2) is 4.98 Å². The predicted molar refractivity (Wildman–Crippen MR) is 89.0 cm³/mol. The van der Waals surface area contributed by atoms with Crippen molar-refractivity contribution in [2.75, 3.05) is 7.05 Å². The van der Waals surface area contributed by atoms with Gasteiger partial charge in [-0.1, -0.05) is 23.8 Å². The van der Waals surface area contributed by atoms with E-state index in [4.69, 9.17) is 0 Å². The molecule has 0 saturated heterocycles. The van der Waals surface area contributed by atoms with E-state index in [0.717, 1.165) is 15.7 Å². The number of hydrogen-bond donors (Lipinski definition) is 0. The molecule has 1 amide bonds. The van der Waals surface area contributed by atoms with Gasteiger partial charge in [0.2, 0.25) is 5.91 Å². The molecule has 25 heavy (non-hydrogen) atoms. The number of amides is 1. The van der Waals surface area contributed by atoms with Crippen LogP contribution in [0.5, 0.6) is 0 Å². The summed E-state index contributed by atoms with van der Waals surface area (Å²) in [7, 11) is 1.58. The Bertz CT molecular complexity index is 737. The van der Waals surface area contributed by atoms with Gasteiger partial charge in [0.05, 0.1) is 6.54 Å². The van der Waals surface area contributed by atoms with Gasteiger partial charge in [-0.15, -0.1) is 0 Å². The molecule has 0 saturated carbocycles. The van der Waals surface area contributed by atoms with E-state index in [1.54, 1.807) is 7.05 Å². The number of aromatic nitrogens is 2. The van der Waals surface area contributed by atoms with Crippen LogP contribution in [0, 0.1) is 13.8 Å². The van der Waals surface area contributed by atoms with E-state index in [2.05, 4.69) is 11.1 Å². The summed E-state index contributed by atoms with van der Waals surface area (Å²) in [4.78, 5) is 17.6. The third-order valence-corrected chi connectivity index (χ3v) is 4.06. The van der Waals surface area contributed by atoms with E-state index >= 15 is 0 Å². The maximum absolute atomic E-state index is 12.5. The Morgan fingerprint density at radius 1 is 1.28 bits per heavy atom. The third-order valence-electron chi connectivity index (χ3n) is 4.06. The van der Waals surface area contributed by atoms with Crippen LogP contribution in [-0.4, -0.2) is 33.6 Å². The zero-order chi connectivity index (χ0) is 18.6. The first-order valence-corrected chi connectivity index (χ1v) is 8.02. The van der Waals surface area contributed by atoms with Crippen LogP contribution in [0.4, 0.5) is 13.2 Å². The first-order chi connectivity index (χ1) is 11.7. The minimum Gasteiger partial charge on any atom is -0.338 e. The molecule has 2 rings (SSSR count). The van der Waals surface area contributed by atoms with Gasteiger partial charge in [0.15, 0.2) is 0 Å². The number of benzene rings is 1. The molecule has 1 heterocycles. The molecule has 0 N–H and O–H groups in total. The third kappa shape index (κ3) is 5.62. The molecule has 0 aliphatic rings. The fourth-order valence-corrected chi connectivity index (χ4v) is 2.69. The molecule has 0 aliphatic carbocycles. The van der Waals surface area contributed by atoms with Crippen molar-refractivity contribution >= 4 is 5.91 Å². The molecule has 136 valence electrons. The number of rotatable bonds is 6. The average Bonchev–Trinajstić information content (AvgIpc) is 2.91. The Morgan fingerprint density at radius 3 is 2.64 bits per heavy atom. The molecule has 0 fully saturated rings. The lowest BCUT2D eigenvalue weighted by Gasteiger charge is -2.18. The second-order valence-electron chi connectivity index (χ2n) is 6.27. The Hall–Kier alpha value is -2.31. The molecule has 0 bridgehead atoms. The maximum Gasteiger partial charge on any atom is 0.406 e.